The van der Waals surface area contributed by atoms with Crippen LogP contribution in [0.4, 0.5) is 0 Å². The summed E-state index contributed by atoms with van der Waals surface area (Å²) in [5.41, 5.74) is 2.39. The molecule has 0 spiro atoms. The van der Waals surface area contributed by atoms with E-state index in [1.807, 2.05) is 12.1 Å². The lowest BCUT2D eigenvalue weighted by molar-refractivity contribution is 0.414. The van der Waals surface area contributed by atoms with E-state index in [0.29, 0.717) is 28.0 Å². The van der Waals surface area contributed by atoms with Gasteiger partial charge < -0.3 is 4.52 Å². The van der Waals surface area contributed by atoms with E-state index in [4.69, 9.17) is 16.1 Å². The molecule has 0 saturated heterocycles. The standard InChI is InChI=1S/C15H12ClN3O2S/c16-13-3-1-12(2-4-13)15-17-7-11(8-18-15)9-22(20)10-14-5-6-21-19-14/h1-8H,9-10H2/t22-/m1/s1. The maximum atomic E-state index is 12.0. The van der Waals surface area contributed by atoms with E-state index in [1.54, 1.807) is 30.6 Å². The molecule has 0 bridgehead atoms. The minimum atomic E-state index is -1.07. The maximum absolute atomic E-state index is 12.0. The quantitative estimate of drug-likeness (QED) is 0.717. The number of benzene rings is 1. The SMILES string of the molecule is O=[S@](Cc1cnc(-c2ccc(Cl)cc2)nc1)Cc1ccon1. The summed E-state index contributed by atoms with van der Waals surface area (Å²) in [4.78, 5) is 8.61. The monoisotopic (exact) mass is 333 g/mol. The Morgan fingerprint density at radius 2 is 1.77 bits per heavy atom. The fourth-order valence-corrected chi connectivity index (χ4v) is 3.12. The van der Waals surface area contributed by atoms with Gasteiger partial charge in [-0.15, -0.1) is 0 Å². The molecule has 0 aliphatic heterocycles. The van der Waals surface area contributed by atoms with Crippen molar-refractivity contribution in [3.8, 4) is 11.4 Å². The van der Waals surface area contributed by atoms with E-state index < -0.39 is 10.8 Å². The summed E-state index contributed by atoms with van der Waals surface area (Å²) in [6.07, 6.45) is 4.85. The van der Waals surface area contributed by atoms with E-state index in [2.05, 4.69) is 15.1 Å². The third-order valence-electron chi connectivity index (χ3n) is 2.94. The summed E-state index contributed by atoms with van der Waals surface area (Å²) in [7, 11) is -1.07. The predicted molar refractivity (Wildman–Crippen MR) is 84.5 cm³/mol. The van der Waals surface area contributed by atoms with Crippen molar-refractivity contribution in [2.45, 2.75) is 11.5 Å². The Hall–Kier alpha value is -2.05. The van der Waals surface area contributed by atoms with Crippen LogP contribution in [0.1, 0.15) is 11.3 Å². The molecular weight excluding hydrogens is 322 g/mol. The summed E-state index contributed by atoms with van der Waals surface area (Å²) in [6.45, 7) is 0. The highest BCUT2D eigenvalue weighted by molar-refractivity contribution is 7.83. The Balaban J connectivity index is 1.66. The van der Waals surface area contributed by atoms with Gasteiger partial charge in [0.1, 0.15) is 6.26 Å². The molecule has 5 nitrogen and oxygen atoms in total. The molecule has 0 amide bonds. The Morgan fingerprint density at radius 3 is 2.41 bits per heavy atom. The number of aromatic nitrogens is 3. The average Bonchev–Trinajstić information content (AvgIpc) is 3.02. The summed E-state index contributed by atoms with van der Waals surface area (Å²) < 4.78 is 16.8. The van der Waals surface area contributed by atoms with Gasteiger partial charge in [-0.05, 0) is 24.3 Å². The third kappa shape index (κ3) is 3.78. The fraction of sp³-hybridized carbons (Fsp3) is 0.133. The topological polar surface area (TPSA) is 68.9 Å². The van der Waals surface area contributed by atoms with Gasteiger partial charge in [0.2, 0.25) is 0 Å². The van der Waals surface area contributed by atoms with Gasteiger partial charge in [0.05, 0.1) is 17.2 Å². The van der Waals surface area contributed by atoms with Crippen molar-refractivity contribution in [2.75, 3.05) is 0 Å². The molecule has 0 unspecified atom stereocenters. The van der Waals surface area contributed by atoms with Gasteiger partial charge in [0.15, 0.2) is 5.82 Å². The van der Waals surface area contributed by atoms with Crippen LogP contribution in [0.3, 0.4) is 0 Å². The summed E-state index contributed by atoms with van der Waals surface area (Å²) >= 11 is 5.85. The van der Waals surface area contributed by atoms with E-state index in [0.717, 1.165) is 11.1 Å². The van der Waals surface area contributed by atoms with Crippen molar-refractivity contribution >= 4 is 22.4 Å². The van der Waals surface area contributed by atoms with Crippen LogP contribution in [-0.2, 0) is 22.3 Å². The lowest BCUT2D eigenvalue weighted by Gasteiger charge is -2.03. The second kappa shape index (κ2) is 6.81. The van der Waals surface area contributed by atoms with Crippen molar-refractivity contribution in [3.63, 3.8) is 0 Å². The first-order valence-electron chi connectivity index (χ1n) is 6.52. The molecule has 112 valence electrons. The van der Waals surface area contributed by atoms with Crippen LogP contribution in [0, 0.1) is 0 Å². The highest BCUT2D eigenvalue weighted by Gasteiger charge is 2.07. The lowest BCUT2D eigenvalue weighted by atomic mass is 10.2. The van der Waals surface area contributed by atoms with Crippen LogP contribution in [0.15, 0.2) is 53.5 Å². The Morgan fingerprint density at radius 1 is 1.05 bits per heavy atom. The van der Waals surface area contributed by atoms with Crippen LogP contribution >= 0.6 is 11.6 Å². The molecule has 0 fully saturated rings. The molecule has 0 radical (unpaired) electrons. The molecule has 7 heteroatoms. The number of rotatable bonds is 5. The number of halogens is 1. The zero-order valence-electron chi connectivity index (χ0n) is 11.5. The molecule has 0 aliphatic rings. The van der Waals surface area contributed by atoms with Gasteiger partial charge in [-0.25, -0.2) is 9.97 Å². The molecule has 3 rings (SSSR count). The first-order valence-corrected chi connectivity index (χ1v) is 8.38. The minimum Gasteiger partial charge on any atom is -0.364 e. The van der Waals surface area contributed by atoms with Crippen LogP contribution in [0.5, 0.6) is 0 Å². The van der Waals surface area contributed by atoms with Gasteiger partial charge in [0.25, 0.3) is 0 Å². The van der Waals surface area contributed by atoms with Gasteiger partial charge in [-0.3, -0.25) is 4.21 Å². The maximum Gasteiger partial charge on any atom is 0.159 e. The molecule has 2 aromatic heterocycles. The molecule has 0 N–H and O–H groups in total. The largest absolute Gasteiger partial charge is 0.364 e. The smallest absolute Gasteiger partial charge is 0.159 e. The van der Waals surface area contributed by atoms with E-state index >= 15 is 0 Å². The van der Waals surface area contributed by atoms with Crippen molar-refractivity contribution in [1.82, 2.24) is 15.1 Å². The van der Waals surface area contributed by atoms with Crippen molar-refractivity contribution in [3.05, 3.63) is 65.3 Å². The normalized spacial score (nSPS) is 12.2. The Bertz CT molecular complexity index is 758. The van der Waals surface area contributed by atoms with Crippen LogP contribution in [0.25, 0.3) is 11.4 Å². The van der Waals surface area contributed by atoms with Crippen molar-refractivity contribution in [1.29, 1.82) is 0 Å². The summed E-state index contributed by atoms with van der Waals surface area (Å²) in [6, 6.07) is 9.01. The predicted octanol–water partition coefficient (Wildman–Crippen LogP) is 3.23. The Kier molecular flexibility index (Phi) is 4.60. The minimum absolute atomic E-state index is 0.357. The zero-order valence-corrected chi connectivity index (χ0v) is 13.0. The zero-order chi connectivity index (χ0) is 15.4. The van der Waals surface area contributed by atoms with Gasteiger partial charge in [-0.1, -0.05) is 16.8 Å². The van der Waals surface area contributed by atoms with Crippen LogP contribution < -0.4 is 0 Å². The first kappa shape index (κ1) is 14.9. The van der Waals surface area contributed by atoms with Gasteiger partial charge in [-0.2, -0.15) is 0 Å². The summed E-state index contributed by atoms with van der Waals surface area (Å²) in [5.74, 6) is 1.35. The number of hydrogen-bond donors (Lipinski definition) is 0. The number of nitrogens with zero attached hydrogens (tertiary/aromatic N) is 3. The van der Waals surface area contributed by atoms with Crippen LogP contribution in [-0.4, -0.2) is 19.3 Å². The average molecular weight is 334 g/mol. The molecule has 3 aromatic rings. The molecule has 1 aromatic carbocycles. The highest BCUT2D eigenvalue weighted by Crippen LogP contribution is 2.18. The fourth-order valence-electron chi connectivity index (χ4n) is 1.89. The molecule has 2 heterocycles. The van der Waals surface area contributed by atoms with Crippen molar-refractivity contribution in [2.24, 2.45) is 0 Å². The van der Waals surface area contributed by atoms with Gasteiger partial charge in [0, 0.05) is 45.4 Å². The van der Waals surface area contributed by atoms with Gasteiger partial charge >= 0.3 is 0 Å². The second-order valence-electron chi connectivity index (χ2n) is 4.64. The van der Waals surface area contributed by atoms with E-state index in [1.165, 1.54) is 6.26 Å². The van der Waals surface area contributed by atoms with E-state index in [-0.39, 0.29) is 0 Å². The molecule has 0 saturated carbocycles. The molecule has 0 aliphatic carbocycles. The van der Waals surface area contributed by atoms with Crippen molar-refractivity contribution < 1.29 is 8.73 Å². The molecule has 1 atom stereocenters. The molecule has 22 heavy (non-hydrogen) atoms. The molecular formula is C15H12ClN3O2S. The first-order chi connectivity index (χ1) is 10.7. The summed E-state index contributed by atoms with van der Waals surface area (Å²) in [5, 5.41) is 4.42. The number of hydrogen-bond acceptors (Lipinski definition) is 5. The Labute approximate surface area is 134 Å². The highest BCUT2D eigenvalue weighted by atomic mass is 35.5. The van der Waals surface area contributed by atoms with E-state index in [9.17, 15) is 4.21 Å². The van der Waals surface area contributed by atoms with Crippen LogP contribution in [0.2, 0.25) is 5.02 Å². The second-order valence-corrected chi connectivity index (χ2v) is 6.53. The lowest BCUT2D eigenvalue weighted by Crippen LogP contribution is -2.01. The third-order valence-corrected chi connectivity index (χ3v) is 4.46.